The van der Waals surface area contributed by atoms with Crippen LogP contribution in [0.15, 0.2) is 36.7 Å². The van der Waals surface area contributed by atoms with Gasteiger partial charge in [-0.25, -0.2) is 4.98 Å². The quantitative estimate of drug-likeness (QED) is 0.472. The van der Waals surface area contributed by atoms with Crippen molar-refractivity contribution in [1.82, 2.24) is 9.38 Å². The van der Waals surface area contributed by atoms with E-state index in [-0.39, 0.29) is 0 Å². The summed E-state index contributed by atoms with van der Waals surface area (Å²) in [4.78, 5) is 7.19. The average Bonchev–Trinajstić information content (AvgIpc) is 3.03. The standard InChI is InChI=1S/C17H16N2S/c1-10(2)12-4-5-13-14(9-12)15-8-11(3)20-17(15)19-7-6-18-16(13)19/h4-10H,1-3H3. The van der Waals surface area contributed by atoms with Crippen LogP contribution in [0.3, 0.4) is 0 Å². The molecule has 4 rings (SSSR count). The van der Waals surface area contributed by atoms with Gasteiger partial charge in [0.1, 0.15) is 10.5 Å². The topological polar surface area (TPSA) is 17.3 Å². The molecule has 0 amide bonds. The largest absolute Gasteiger partial charge is 0.290 e. The van der Waals surface area contributed by atoms with Gasteiger partial charge in [-0.2, -0.15) is 0 Å². The van der Waals surface area contributed by atoms with Gasteiger partial charge in [0.25, 0.3) is 0 Å². The second kappa shape index (κ2) is 4.06. The number of hydrogen-bond donors (Lipinski definition) is 0. The summed E-state index contributed by atoms with van der Waals surface area (Å²) in [6, 6.07) is 9.08. The minimum absolute atomic E-state index is 0.546. The molecule has 0 unspecified atom stereocenters. The molecule has 0 spiro atoms. The molecule has 0 radical (unpaired) electrons. The van der Waals surface area contributed by atoms with Gasteiger partial charge >= 0.3 is 0 Å². The Bertz CT molecular complexity index is 944. The molecule has 1 aromatic carbocycles. The maximum Gasteiger partial charge on any atom is 0.145 e. The zero-order chi connectivity index (χ0) is 13.9. The Labute approximate surface area is 121 Å². The zero-order valence-electron chi connectivity index (χ0n) is 11.8. The van der Waals surface area contributed by atoms with Crippen molar-refractivity contribution in [2.24, 2.45) is 0 Å². The number of nitrogens with zero attached hydrogens (tertiary/aromatic N) is 2. The summed E-state index contributed by atoms with van der Waals surface area (Å²) in [6.07, 6.45) is 3.95. The molecule has 0 saturated carbocycles. The van der Waals surface area contributed by atoms with Crippen molar-refractivity contribution < 1.29 is 0 Å². The van der Waals surface area contributed by atoms with Crippen molar-refractivity contribution in [2.75, 3.05) is 0 Å². The summed E-state index contributed by atoms with van der Waals surface area (Å²) >= 11 is 1.84. The number of hydrogen-bond acceptors (Lipinski definition) is 2. The number of imidazole rings is 1. The van der Waals surface area contributed by atoms with Gasteiger partial charge in [-0.15, -0.1) is 11.3 Å². The summed E-state index contributed by atoms with van der Waals surface area (Å²) in [7, 11) is 0. The molecule has 0 aliphatic carbocycles. The van der Waals surface area contributed by atoms with E-state index in [9.17, 15) is 0 Å². The lowest BCUT2D eigenvalue weighted by Crippen LogP contribution is -1.91. The summed E-state index contributed by atoms with van der Waals surface area (Å²) in [6.45, 7) is 6.65. The first kappa shape index (κ1) is 11.9. The maximum atomic E-state index is 4.55. The van der Waals surface area contributed by atoms with Gasteiger partial charge in [-0.1, -0.05) is 32.0 Å². The van der Waals surface area contributed by atoms with E-state index in [0.717, 1.165) is 5.65 Å². The number of aromatic nitrogens is 2. The van der Waals surface area contributed by atoms with Crippen molar-refractivity contribution in [2.45, 2.75) is 26.7 Å². The van der Waals surface area contributed by atoms with Crippen LogP contribution in [0.25, 0.3) is 26.6 Å². The molecule has 4 aromatic rings. The molecule has 0 aliphatic heterocycles. The van der Waals surface area contributed by atoms with Gasteiger partial charge < -0.3 is 0 Å². The highest BCUT2D eigenvalue weighted by Gasteiger charge is 2.12. The lowest BCUT2D eigenvalue weighted by molar-refractivity contribution is 0.869. The molecule has 0 atom stereocenters. The normalized spacial score (nSPS) is 12.2. The van der Waals surface area contributed by atoms with E-state index >= 15 is 0 Å². The van der Waals surface area contributed by atoms with Gasteiger partial charge in [-0.05, 0) is 29.9 Å². The number of aryl methyl sites for hydroxylation is 1. The molecule has 0 N–H and O–H groups in total. The minimum Gasteiger partial charge on any atom is -0.290 e. The molecule has 0 fully saturated rings. The third-order valence-electron chi connectivity index (χ3n) is 3.94. The SMILES string of the molecule is Cc1cc2c3cc(C(C)C)ccc3c3nccn3c2s1. The van der Waals surface area contributed by atoms with Crippen LogP contribution in [0.1, 0.15) is 30.2 Å². The summed E-state index contributed by atoms with van der Waals surface area (Å²) in [5.41, 5.74) is 2.45. The lowest BCUT2D eigenvalue weighted by atomic mass is 9.98. The van der Waals surface area contributed by atoms with Crippen LogP contribution >= 0.6 is 11.3 Å². The number of thiophene rings is 1. The lowest BCUT2D eigenvalue weighted by Gasteiger charge is -2.09. The van der Waals surface area contributed by atoms with Crippen LogP contribution in [-0.4, -0.2) is 9.38 Å². The third-order valence-corrected chi connectivity index (χ3v) is 4.99. The van der Waals surface area contributed by atoms with Crippen LogP contribution in [0.4, 0.5) is 0 Å². The summed E-state index contributed by atoms with van der Waals surface area (Å²) in [5, 5.41) is 3.91. The Kier molecular flexibility index (Phi) is 2.42. The predicted molar refractivity (Wildman–Crippen MR) is 86.9 cm³/mol. The van der Waals surface area contributed by atoms with Crippen LogP contribution in [0.5, 0.6) is 0 Å². The smallest absolute Gasteiger partial charge is 0.145 e. The fraction of sp³-hybridized carbons (Fsp3) is 0.235. The van der Waals surface area contributed by atoms with E-state index in [2.05, 4.69) is 60.6 Å². The maximum absolute atomic E-state index is 4.55. The number of benzene rings is 1. The van der Waals surface area contributed by atoms with Crippen molar-refractivity contribution in [3.05, 3.63) is 47.1 Å². The Morgan fingerprint density at radius 2 is 1.95 bits per heavy atom. The van der Waals surface area contributed by atoms with Gasteiger partial charge in [0.05, 0.1) is 0 Å². The van der Waals surface area contributed by atoms with Gasteiger partial charge in [0, 0.05) is 28.0 Å². The fourth-order valence-corrected chi connectivity index (χ4v) is 3.89. The monoisotopic (exact) mass is 280 g/mol. The average molecular weight is 280 g/mol. The highest BCUT2D eigenvalue weighted by atomic mass is 32.1. The molecule has 3 aromatic heterocycles. The molecule has 3 heterocycles. The Morgan fingerprint density at radius 1 is 1.10 bits per heavy atom. The van der Waals surface area contributed by atoms with Crippen molar-refractivity contribution >= 4 is 38.0 Å². The van der Waals surface area contributed by atoms with E-state index in [1.54, 1.807) is 0 Å². The first-order chi connectivity index (χ1) is 9.65. The van der Waals surface area contributed by atoms with E-state index in [1.807, 2.05) is 17.5 Å². The molecule has 2 nitrogen and oxygen atoms in total. The third kappa shape index (κ3) is 1.53. The van der Waals surface area contributed by atoms with Gasteiger partial charge in [0.15, 0.2) is 0 Å². The number of fused-ring (bicyclic) bond motifs is 6. The second-order valence-corrected chi connectivity index (χ2v) is 6.89. The van der Waals surface area contributed by atoms with Crippen LogP contribution in [0.2, 0.25) is 0 Å². The molecule has 3 heteroatoms. The van der Waals surface area contributed by atoms with E-state index in [1.165, 1.54) is 31.4 Å². The van der Waals surface area contributed by atoms with E-state index < -0.39 is 0 Å². The minimum atomic E-state index is 0.546. The highest BCUT2D eigenvalue weighted by molar-refractivity contribution is 7.18. The molecule has 100 valence electrons. The van der Waals surface area contributed by atoms with E-state index in [4.69, 9.17) is 0 Å². The Morgan fingerprint density at radius 3 is 2.75 bits per heavy atom. The Hall–Kier alpha value is -1.87. The van der Waals surface area contributed by atoms with Crippen molar-refractivity contribution in [1.29, 1.82) is 0 Å². The number of rotatable bonds is 1. The highest BCUT2D eigenvalue weighted by Crippen LogP contribution is 2.35. The van der Waals surface area contributed by atoms with Gasteiger partial charge in [-0.3, -0.25) is 4.40 Å². The second-order valence-electron chi connectivity index (χ2n) is 5.66. The molecule has 0 bridgehead atoms. The molecular formula is C17H16N2S. The molecule has 0 saturated heterocycles. The fourth-order valence-electron chi connectivity index (χ4n) is 2.88. The van der Waals surface area contributed by atoms with Gasteiger partial charge in [0.2, 0.25) is 0 Å². The van der Waals surface area contributed by atoms with Crippen LogP contribution < -0.4 is 0 Å². The Balaban J connectivity index is 2.28. The molecular weight excluding hydrogens is 264 g/mol. The molecule has 20 heavy (non-hydrogen) atoms. The number of pyridine rings is 1. The molecule has 0 aliphatic rings. The zero-order valence-corrected chi connectivity index (χ0v) is 12.7. The van der Waals surface area contributed by atoms with Crippen molar-refractivity contribution in [3.8, 4) is 0 Å². The first-order valence-electron chi connectivity index (χ1n) is 6.94. The first-order valence-corrected chi connectivity index (χ1v) is 7.75. The van der Waals surface area contributed by atoms with Crippen LogP contribution in [-0.2, 0) is 0 Å². The van der Waals surface area contributed by atoms with E-state index in [0.29, 0.717) is 5.92 Å². The van der Waals surface area contributed by atoms with Crippen LogP contribution in [0, 0.1) is 6.92 Å². The summed E-state index contributed by atoms with van der Waals surface area (Å²) < 4.78 is 2.21. The predicted octanol–water partition coefficient (Wildman–Crippen LogP) is 5.13. The summed E-state index contributed by atoms with van der Waals surface area (Å²) in [5.74, 6) is 0.546. The van der Waals surface area contributed by atoms with Crippen molar-refractivity contribution in [3.63, 3.8) is 0 Å².